The van der Waals surface area contributed by atoms with Gasteiger partial charge in [0.1, 0.15) is 42.0 Å². The number of hydrogen-bond donors (Lipinski definition) is 15. The monoisotopic (exact) mass is 1490 g/mol. The average molecular weight is 1490 g/mol. The van der Waals surface area contributed by atoms with Gasteiger partial charge in [0.05, 0.1) is 50.6 Å². The molecule has 0 unspecified atom stereocenters. The van der Waals surface area contributed by atoms with Crippen LogP contribution in [0.25, 0.3) is 10.9 Å². The number of H-pyrrole nitrogens is 1. The van der Waals surface area contributed by atoms with Gasteiger partial charge in [-0.15, -0.1) is 0 Å². The van der Waals surface area contributed by atoms with Crippen LogP contribution in [0.4, 0.5) is 0 Å². The molecule has 36 nitrogen and oxygen atoms in total. The van der Waals surface area contributed by atoms with Crippen LogP contribution in [-0.4, -0.2) is 278 Å². The zero-order valence-electron chi connectivity index (χ0n) is 59.9. The summed E-state index contributed by atoms with van der Waals surface area (Å²) in [5.41, 5.74) is 18.9. The number of carbonyl (C=O) groups is 14. The zero-order valence-corrected chi connectivity index (χ0v) is 60.7. The Labute approximate surface area is 611 Å². The largest absolute Gasteiger partial charge is 0.484 e. The van der Waals surface area contributed by atoms with E-state index in [0.717, 1.165) is 0 Å². The lowest BCUT2D eigenvalue weighted by molar-refractivity contribution is -0.140. The number of nitrogens with zero attached hydrogens (tertiary/aromatic N) is 6. The number of aliphatic carboxylic acids is 3. The minimum absolute atomic E-state index is 0.0485. The van der Waals surface area contributed by atoms with E-state index in [1.807, 2.05) is 20.1 Å². The number of fused-ring (bicyclic) bond motifs is 1. The van der Waals surface area contributed by atoms with Crippen LogP contribution in [-0.2, 0) is 81.7 Å². The van der Waals surface area contributed by atoms with Crippen molar-refractivity contribution in [3.8, 4) is 5.75 Å². The minimum atomic E-state index is -1.48. The van der Waals surface area contributed by atoms with Gasteiger partial charge in [0.25, 0.3) is 5.91 Å². The smallest absolute Gasteiger partial charge is 0.317 e. The van der Waals surface area contributed by atoms with E-state index in [1.54, 1.807) is 69.8 Å². The molecule has 3 heterocycles. The molecule has 37 heteroatoms. The molecule has 7 atom stereocenters. The highest BCUT2D eigenvalue weighted by molar-refractivity contribution is 7.98. The number of para-hydroxylation sites is 1. The van der Waals surface area contributed by atoms with Crippen molar-refractivity contribution in [2.45, 2.75) is 122 Å². The van der Waals surface area contributed by atoms with Crippen molar-refractivity contribution in [1.82, 2.24) is 76.7 Å². The zero-order chi connectivity index (χ0) is 77.4. The van der Waals surface area contributed by atoms with Crippen LogP contribution in [0, 0.1) is 11.8 Å². The van der Waals surface area contributed by atoms with Gasteiger partial charge >= 0.3 is 17.9 Å². The number of carboxylic acids is 3. The summed E-state index contributed by atoms with van der Waals surface area (Å²) in [5, 5.41) is 50.3. The summed E-state index contributed by atoms with van der Waals surface area (Å²) in [5.74, 6) is -11.3. The van der Waals surface area contributed by atoms with E-state index < -0.39 is 144 Å². The van der Waals surface area contributed by atoms with Gasteiger partial charge in [-0.05, 0) is 79.4 Å². The van der Waals surface area contributed by atoms with Gasteiger partial charge in [-0.2, -0.15) is 11.8 Å². The molecule has 0 bridgehead atoms. The molecular formula is C68H100N18O18S. The third-order valence-electron chi connectivity index (χ3n) is 16.9. The van der Waals surface area contributed by atoms with E-state index >= 15 is 0 Å². The summed E-state index contributed by atoms with van der Waals surface area (Å²) >= 11 is 1.45. The van der Waals surface area contributed by atoms with Crippen molar-refractivity contribution in [1.29, 1.82) is 0 Å². The molecule has 0 saturated carbocycles. The molecule has 1 fully saturated rings. The Morgan fingerprint density at radius 2 is 1.14 bits per heavy atom. The number of amides is 10. The summed E-state index contributed by atoms with van der Waals surface area (Å²) in [6, 6.07) is 4.20. The highest BCUT2D eigenvalue weighted by atomic mass is 32.2. The van der Waals surface area contributed by atoms with Gasteiger partial charge in [-0.1, -0.05) is 58.0 Å². The first kappa shape index (κ1) is 85.6. The maximum absolute atomic E-state index is 14.5. The molecule has 10 amide bonds. The summed E-state index contributed by atoms with van der Waals surface area (Å²) in [7, 11) is 0. The summed E-state index contributed by atoms with van der Waals surface area (Å²) in [4.78, 5) is 197. The number of nitrogens with one attached hydrogen (secondary N) is 9. The second-order valence-corrected chi connectivity index (χ2v) is 27.3. The Bertz CT molecular complexity index is 3600. The maximum atomic E-state index is 14.5. The van der Waals surface area contributed by atoms with Gasteiger partial charge < -0.3 is 84.8 Å². The van der Waals surface area contributed by atoms with Gasteiger partial charge in [0.2, 0.25) is 59.1 Å². The highest BCUT2D eigenvalue weighted by Gasteiger charge is 2.34. The number of imidazole rings is 1. The number of thioether (sulfide) groups is 1. The maximum Gasteiger partial charge on any atom is 0.317 e. The van der Waals surface area contributed by atoms with Crippen LogP contribution in [0.1, 0.15) is 81.9 Å². The Morgan fingerprint density at radius 3 is 1.68 bits per heavy atom. The van der Waals surface area contributed by atoms with Gasteiger partial charge in [-0.25, -0.2) is 4.98 Å². The first-order valence-corrected chi connectivity index (χ1v) is 35.7. The first-order valence-electron chi connectivity index (χ1n) is 34.3. The Morgan fingerprint density at radius 1 is 0.600 bits per heavy atom. The summed E-state index contributed by atoms with van der Waals surface area (Å²) in [6.07, 6.45) is 5.83. The molecule has 0 aliphatic carbocycles. The molecule has 1 saturated heterocycles. The topological polar surface area (TPSA) is 530 Å². The minimum Gasteiger partial charge on any atom is -0.484 e. The highest BCUT2D eigenvalue weighted by Crippen LogP contribution is 2.24. The molecule has 18 N–H and O–H groups in total. The van der Waals surface area contributed by atoms with Crippen LogP contribution in [0.2, 0.25) is 0 Å². The number of ether oxygens (including phenoxy) is 1. The Hall–Kier alpha value is -10.1. The second-order valence-electron chi connectivity index (χ2n) is 26.3. The fourth-order valence-corrected chi connectivity index (χ4v) is 11.7. The fourth-order valence-electron chi connectivity index (χ4n) is 11.3. The van der Waals surface area contributed by atoms with E-state index in [2.05, 4.69) is 52.5 Å². The van der Waals surface area contributed by atoms with Gasteiger partial charge in [-0.3, -0.25) is 91.3 Å². The number of carbonyl (C=O) groups excluding carboxylic acids is 11. The number of primary amides is 2. The normalized spacial score (nSPS) is 15.6. The predicted octanol–water partition coefficient (Wildman–Crippen LogP) is -3.46. The molecule has 0 radical (unpaired) electrons. The SMILES string of the molecule is CSCC[C@H](NC(=O)[C@H](CC(C)C)NC(=O)[C@H](Cc1cnc[nH]1)NC(=O)CNC(=O)[C@@H](NC(=O)[C@H](C)NC(=O)[C@H](Cc1cn(C(=O)[C@@H](N)CCC(N)=O)c2ccccc12)NC(=O)COc1ccc(CNC(=O)CN2CCN(CC(=O)O)CCN(CC(=O)O)CCN(CC(=O)O)CC2)cc1)C(C)C)C(N)=O. The van der Waals surface area contributed by atoms with E-state index in [-0.39, 0.29) is 135 Å². The number of hydrogen-bond acceptors (Lipinski definition) is 22. The summed E-state index contributed by atoms with van der Waals surface area (Å²) < 4.78 is 7.10. The lowest BCUT2D eigenvalue weighted by atomic mass is 10.0. The molecule has 5 rings (SSSR count). The lowest BCUT2D eigenvalue weighted by Gasteiger charge is -2.32. The predicted molar refractivity (Wildman–Crippen MR) is 384 cm³/mol. The van der Waals surface area contributed by atoms with E-state index in [9.17, 15) is 82.4 Å². The van der Waals surface area contributed by atoms with Crippen LogP contribution >= 0.6 is 11.8 Å². The molecule has 576 valence electrons. The van der Waals surface area contributed by atoms with E-state index in [4.69, 9.17) is 21.9 Å². The molecule has 105 heavy (non-hydrogen) atoms. The fraction of sp³-hybridized carbons (Fsp3) is 0.544. The number of rotatable bonds is 41. The standard InChI is InChI=1S/C68H100N18O18S/c1-40(2)27-50(65(100)79-49(62(71)97)17-26-105-6)80-66(101)52(29-45-31-72-39-75-45)77-55(88)32-74-67(102)61(41(3)4)81-63(98)42(5)76-64(99)51(28-44-33-86(53-10-8-7-9-47(44)53)68(103)48(69)15-16-54(70)87)78-57(90)38-104-46-13-11-43(12-14-46)30-73-56(89)34-82-18-20-83(35-58(91)92)22-24-85(37-60(95)96)25-23-84(21-19-82)36-59(93)94/h7-14,31,33,39-42,48-52,61H,15-30,32,34-38,69H2,1-6H3,(H2,70,87)(H2,71,97)(H,72,75)(H,73,89)(H,74,102)(H,76,99)(H,77,88)(H,78,90)(H,79,100)(H,80,101)(H,81,98)(H,91,92)(H,93,94)(H,95,96)/t42-,48-,49-,50-,51-,52-,61-/m0/s1. The van der Waals surface area contributed by atoms with Crippen molar-refractivity contribution >= 4 is 106 Å². The third kappa shape index (κ3) is 30.3. The Balaban J connectivity index is 1.26. The van der Waals surface area contributed by atoms with Crippen LogP contribution < -0.4 is 64.5 Å². The van der Waals surface area contributed by atoms with E-state index in [1.165, 1.54) is 54.1 Å². The molecule has 2 aromatic carbocycles. The number of aromatic nitrogens is 3. The van der Waals surface area contributed by atoms with Crippen molar-refractivity contribution < 1.29 is 87.2 Å². The van der Waals surface area contributed by atoms with Crippen LogP contribution in [0.3, 0.4) is 0 Å². The number of nitrogens with two attached hydrogens (primary N) is 3. The first-order chi connectivity index (χ1) is 49.8. The molecule has 4 aromatic rings. The van der Waals surface area contributed by atoms with Crippen molar-refractivity contribution in [3.05, 3.63) is 84.1 Å². The number of benzene rings is 2. The second kappa shape index (κ2) is 43.3. The molecule has 0 spiro atoms. The molecule has 2 aromatic heterocycles. The summed E-state index contributed by atoms with van der Waals surface area (Å²) in [6.45, 7) is 7.55. The average Bonchev–Trinajstić information content (AvgIpc) is 1.64. The lowest BCUT2D eigenvalue weighted by Crippen LogP contribution is -2.59. The molecular weight excluding hydrogens is 1390 g/mol. The van der Waals surface area contributed by atoms with Crippen LogP contribution in [0.5, 0.6) is 5.75 Å². The van der Waals surface area contributed by atoms with Gasteiger partial charge in [0, 0.05) is 102 Å². The molecule has 1 aliphatic heterocycles. The Kier molecular flexibility index (Phi) is 35.2. The van der Waals surface area contributed by atoms with Gasteiger partial charge in [0.15, 0.2) is 6.61 Å². The van der Waals surface area contributed by atoms with Crippen molar-refractivity contribution in [3.63, 3.8) is 0 Å². The van der Waals surface area contributed by atoms with Crippen LogP contribution in [0.15, 0.2) is 67.3 Å². The van der Waals surface area contributed by atoms with Crippen molar-refractivity contribution in [2.24, 2.45) is 29.0 Å². The number of carboxylic acid groups (broad SMARTS) is 3. The third-order valence-corrected chi connectivity index (χ3v) is 17.6. The molecule has 1 aliphatic rings. The number of aromatic amines is 1. The van der Waals surface area contributed by atoms with E-state index in [0.29, 0.717) is 33.5 Å². The quantitative estimate of drug-likeness (QED) is 0.0205. The van der Waals surface area contributed by atoms with Crippen molar-refractivity contribution in [2.75, 3.05) is 104 Å².